The van der Waals surface area contributed by atoms with E-state index < -0.39 is 11.5 Å². The van der Waals surface area contributed by atoms with Crippen molar-refractivity contribution in [3.8, 4) is 0 Å². The maximum absolute atomic E-state index is 11.2. The number of aliphatic carboxylic acids is 1. The van der Waals surface area contributed by atoms with Crippen molar-refractivity contribution in [2.45, 2.75) is 58.9 Å². The Kier molecular flexibility index (Phi) is 7.48. The zero-order valence-corrected chi connectivity index (χ0v) is 12.5. The molecule has 18 heavy (non-hydrogen) atoms. The predicted octanol–water partition coefficient (Wildman–Crippen LogP) is 2.67. The summed E-state index contributed by atoms with van der Waals surface area (Å²) in [6, 6.07) is 0. The number of ether oxygens (including phenoxy) is 1. The standard InChI is InChI=1S/C14H29NO3/c1-6-14(15-5,12(16)17)8-7-10-18-11-9-13(2,3)4/h15H,6-11H2,1-5H3,(H,16,17). The summed E-state index contributed by atoms with van der Waals surface area (Å²) in [6.07, 6.45) is 2.98. The van der Waals surface area contributed by atoms with E-state index in [1.807, 2.05) is 6.92 Å². The lowest BCUT2D eigenvalue weighted by atomic mass is 9.91. The Hall–Kier alpha value is -0.610. The molecule has 1 unspecified atom stereocenters. The molecule has 0 rings (SSSR count). The number of nitrogens with one attached hydrogen (secondary N) is 1. The van der Waals surface area contributed by atoms with Crippen molar-refractivity contribution in [2.24, 2.45) is 5.41 Å². The quantitative estimate of drug-likeness (QED) is 0.625. The predicted molar refractivity (Wildman–Crippen MR) is 73.8 cm³/mol. The maximum Gasteiger partial charge on any atom is 0.323 e. The van der Waals surface area contributed by atoms with Gasteiger partial charge in [-0.05, 0) is 38.1 Å². The molecule has 2 N–H and O–H groups in total. The SMILES string of the molecule is CCC(CCCOCCC(C)(C)C)(NC)C(=O)O. The van der Waals surface area contributed by atoms with Crippen LogP contribution in [0.2, 0.25) is 0 Å². The third kappa shape index (κ3) is 6.36. The number of hydrogen-bond acceptors (Lipinski definition) is 3. The van der Waals surface area contributed by atoms with Crippen molar-refractivity contribution < 1.29 is 14.6 Å². The Bertz CT molecular complexity index is 242. The fourth-order valence-corrected chi connectivity index (χ4v) is 1.80. The van der Waals surface area contributed by atoms with Gasteiger partial charge in [-0.25, -0.2) is 0 Å². The number of carbonyl (C=O) groups is 1. The fourth-order valence-electron chi connectivity index (χ4n) is 1.80. The number of rotatable bonds is 9. The summed E-state index contributed by atoms with van der Waals surface area (Å²) in [6.45, 7) is 9.82. The topological polar surface area (TPSA) is 58.6 Å². The van der Waals surface area contributed by atoms with Crippen LogP contribution in [-0.2, 0) is 9.53 Å². The molecule has 0 aromatic carbocycles. The van der Waals surface area contributed by atoms with Gasteiger partial charge in [-0.15, -0.1) is 0 Å². The summed E-state index contributed by atoms with van der Waals surface area (Å²) in [7, 11) is 1.71. The second-order valence-corrected chi connectivity index (χ2v) is 6.02. The molecule has 0 amide bonds. The van der Waals surface area contributed by atoms with Gasteiger partial charge < -0.3 is 15.2 Å². The largest absolute Gasteiger partial charge is 0.480 e. The first-order valence-corrected chi connectivity index (χ1v) is 6.77. The molecule has 1 atom stereocenters. The molecular formula is C14H29NO3. The first kappa shape index (κ1) is 17.4. The minimum absolute atomic E-state index is 0.291. The molecule has 4 nitrogen and oxygen atoms in total. The van der Waals surface area contributed by atoms with Gasteiger partial charge in [0.25, 0.3) is 0 Å². The van der Waals surface area contributed by atoms with Gasteiger partial charge >= 0.3 is 5.97 Å². The van der Waals surface area contributed by atoms with Crippen molar-refractivity contribution in [1.82, 2.24) is 5.32 Å². The van der Waals surface area contributed by atoms with Gasteiger partial charge in [0.2, 0.25) is 0 Å². The van der Waals surface area contributed by atoms with Crippen LogP contribution in [0.25, 0.3) is 0 Å². The van der Waals surface area contributed by atoms with E-state index in [9.17, 15) is 9.90 Å². The van der Waals surface area contributed by atoms with Gasteiger partial charge in [-0.1, -0.05) is 27.7 Å². The Balaban J connectivity index is 3.85. The highest BCUT2D eigenvalue weighted by Crippen LogP contribution is 2.19. The van der Waals surface area contributed by atoms with Crippen LogP contribution in [-0.4, -0.2) is 36.9 Å². The summed E-state index contributed by atoms with van der Waals surface area (Å²) in [5, 5.41) is 12.2. The van der Waals surface area contributed by atoms with Gasteiger partial charge in [-0.3, -0.25) is 4.79 Å². The van der Waals surface area contributed by atoms with Crippen LogP contribution in [0.5, 0.6) is 0 Å². The summed E-state index contributed by atoms with van der Waals surface area (Å²) in [5.41, 5.74) is -0.507. The Morgan fingerprint density at radius 1 is 1.22 bits per heavy atom. The Morgan fingerprint density at radius 2 is 1.83 bits per heavy atom. The van der Waals surface area contributed by atoms with E-state index in [-0.39, 0.29) is 0 Å². The minimum atomic E-state index is -0.798. The lowest BCUT2D eigenvalue weighted by Crippen LogP contribution is -2.49. The highest BCUT2D eigenvalue weighted by molar-refractivity contribution is 5.78. The average Bonchev–Trinajstić information content (AvgIpc) is 2.27. The van der Waals surface area contributed by atoms with Crippen LogP contribution in [0.4, 0.5) is 0 Å². The molecule has 0 aliphatic heterocycles. The highest BCUT2D eigenvalue weighted by Gasteiger charge is 2.33. The average molecular weight is 259 g/mol. The summed E-state index contributed by atoms with van der Waals surface area (Å²) in [5.74, 6) is -0.776. The van der Waals surface area contributed by atoms with Crippen molar-refractivity contribution in [3.05, 3.63) is 0 Å². The molecule has 4 heteroatoms. The van der Waals surface area contributed by atoms with Gasteiger partial charge in [0.15, 0.2) is 0 Å². The van der Waals surface area contributed by atoms with Crippen LogP contribution in [0.15, 0.2) is 0 Å². The zero-order valence-electron chi connectivity index (χ0n) is 12.5. The van der Waals surface area contributed by atoms with Crippen molar-refractivity contribution in [2.75, 3.05) is 20.3 Å². The zero-order chi connectivity index (χ0) is 14.2. The normalized spacial score (nSPS) is 15.4. The molecule has 0 radical (unpaired) electrons. The monoisotopic (exact) mass is 259 g/mol. The van der Waals surface area contributed by atoms with Gasteiger partial charge in [0.1, 0.15) is 5.54 Å². The number of carboxylic acid groups (broad SMARTS) is 1. The Morgan fingerprint density at radius 3 is 2.22 bits per heavy atom. The molecule has 0 aliphatic carbocycles. The van der Waals surface area contributed by atoms with Crippen LogP contribution < -0.4 is 5.32 Å². The maximum atomic E-state index is 11.2. The first-order chi connectivity index (χ1) is 8.27. The van der Waals surface area contributed by atoms with Gasteiger partial charge in [-0.2, -0.15) is 0 Å². The van der Waals surface area contributed by atoms with E-state index in [1.54, 1.807) is 7.05 Å². The minimum Gasteiger partial charge on any atom is -0.480 e. The summed E-state index contributed by atoms with van der Waals surface area (Å²) >= 11 is 0. The van der Waals surface area contributed by atoms with Crippen molar-refractivity contribution in [1.29, 1.82) is 0 Å². The van der Waals surface area contributed by atoms with E-state index in [2.05, 4.69) is 26.1 Å². The van der Waals surface area contributed by atoms with E-state index in [1.165, 1.54) is 0 Å². The molecule has 0 bridgehead atoms. The first-order valence-electron chi connectivity index (χ1n) is 6.77. The molecule has 0 fully saturated rings. The number of hydrogen-bond donors (Lipinski definition) is 2. The highest BCUT2D eigenvalue weighted by atomic mass is 16.5. The second kappa shape index (κ2) is 7.74. The van der Waals surface area contributed by atoms with E-state index in [0.717, 1.165) is 19.4 Å². The smallest absolute Gasteiger partial charge is 0.323 e. The van der Waals surface area contributed by atoms with Crippen LogP contribution in [0.1, 0.15) is 53.4 Å². The molecular weight excluding hydrogens is 230 g/mol. The van der Waals surface area contributed by atoms with Gasteiger partial charge in [0.05, 0.1) is 0 Å². The van der Waals surface area contributed by atoms with E-state index in [4.69, 9.17) is 4.74 Å². The molecule has 0 heterocycles. The summed E-state index contributed by atoms with van der Waals surface area (Å²) < 4.78 is 5.55. The molecule has 0 aromatic heterocycles. The molecule has 0 aliphatic rings. The van der Waals surface area contributed by atoms with Crippen LogP contribution in [0.3, 0.4) is 0 Å². The Labute approximate surface area is 111 Å². The lowest BCUT2D eigenvalue weighted by Gasteiger charge is -2.27. The van der Waals surface area contributed by atoms with Gasteiger partial charge in [0, 0.05) is 13.2 Å². The van der Waals surface area contributed by atoms with E-state index >= 15 is 0 Å². The molecule has 0 aromatic rings. The second-order valence-electron chi connectivity index (χ2n) is 6.02. The lowest BCUT2D eigenvalue weighted by molar-refractivity contribution is -0.145. The number of likely N-dealkylation sites (N-methyl/N-ethyl adjacent to an activating group) is 1. The summed E-state index contributed by atoms with van der Waals surface area (Å²) in [4.78, 5) is 11.2. The van der Waals surface area contributed by atoms with Crippen molar-refractivity contribution in [3.63, 3.8) is 0 Å². The molecule has 0 saturated heterocycles. The molecule has 0 saturated carbocycles. The third-order valence-corrected chi connectivity index (χ3v) is 3.38. The molecule has 108 valence electrons. The molecule has 0 spiro atoms. The van der Waals surface area contributed by atoms with Crippen LogP contribution >= 0.6 is 0 Å². The fraction of sp³-hybridized carbons (Fsp3) is 0.929. The van der Waals surface area contributed by atoms with Crippen LogP contribution in [0, 0.1) is 5.41 Å². The third-order valence-electron chi connectivity index (χ3n) is 3.38. The number of carboxylic acids is 1. The van der Waals surface area contributed by atoms with Crippen molar-refractivity contribution >= 4 is 5.97 Å². The van der Waals surface area contributed by atoms with E-state index in [0.29, 0.717) is 24.9 Å².